The van der Waals surface area contributed by atoms with E-state index in [1.807, 2.05) is 0 Å². The number of aromatic nitrogens is 1. The van der Waals surface area contributed by atoms with Crippen molar-refractivity contribution >= 4 is 38.9 Å². The molecule has 0 N–H and O–H groups in total. The zero-order valence-corrected chi connectivity index (χ0v) is 38.0. The van der Waals surface area contributed by atoms with Crippen molar-refractivity contribution in [1.29, 1.82) is 0 Å². The lowest BCUT2D eigenvalue weighted by Crippen LogP contribution is -2.28. The lowest BCUT2D eigenvalue weighted by molar-refractivity contribution is 0.768. The van der Waals surface area contributed by atoms with Crippen molar-refractivity contribution in [3.05, 3.63) is 301 Å². The zero-order valence-electron chi connectivity index (χ0n) is 38.0. The molecule has 69 heavy (non-hydrogen) atoms. The van der Waals surface area contributed by atoms with Crippen LogP contribution in [0.3, 0.4) is 0 Å². The van der Waals surface area contributed by atoms with E-state index in [9.17, 15) is 0 Å². The van der Waals surface area contributed by atoms with Crippen molar-refractivity contribution in [3.63, 3.8) is 0 Å². The quantitative estimate of drug-likeness (QED) is 0.140. The predicted octanol–water partition coefficient (Wildman–Crippen LogP) is 17.6. The van der Waals surface area contributed by atoms with E-state index in [0.717, 1.165) is 22.6 Å². The molecule has 2 heteroatoms. The van der Waals surface area contributed by atoms with Gasteiger partial charge in [0.25, 0.3) is 0 Å². The molecular weight excluding hydrogens is 833 g/mol. The van der Waals surface area contributed by atoms with Crippen molar-refractivity contribution in [2.24, 2.45) is 0 Å². The summed E-state index contributed by atoms with van der Waals surface area (Å²) in [6.45, 7) is 0. The van der Waals surface area contributed by atoms with E-state index in [-0.39, 0.29) is 0 Å². The van der Waals surface area contributed by atoms with E-state index in [1.54, 1.807) is 0 Å². The van der Waals surface area contributed by atoms with Gasteiger partial charge >= 0.3 is 0 Å². The first-order valence-electron chi connectivity index (χ1n) is 23.8. The van der Waals surface area contributed by atoms with Crippen LogP contribution in [-0.2, 0) is 5.41 Å². The molecule has 0 atom stereocenters. The van der Waals surface area contributed by atoms with Crippen LogP contribution in [0.25, 0.3) is 72.0 Å². The molecule has 13 rings (SSSR count). The molecule has 0 saturated heterocycles. The first-order valence-corrected chi connectivity index (χ1v) is 23.8. The summed E-state index contributed by atoms with van der Waals surface area (Å²) < 4.78 is 2.41. The molecule has 0 spiro atoms. The van der Waals surface area contributed by atoms with E-state index < -0.39 is 5.41 Å². The third-order valence-electron chi connectivity index (χ3n) is 14.3. The normalized spacial score (nSPS) is 12.5. The van der Waals surface area contributed by atoms with Crippen LogP contribution in [0.2, 0.25) is 0 Å². The van der Waals surface area contributed by atoms with E-state index in [0.29, 0.717) is 0 Å². The highest BCUT2D eigenvalue weighted by molar-refractivity contribution is 6.09. The number of benzene rings is 11. The number of hydrogen-bond acceptors (Lipinski definition) is 1. The second-order valence-electron chi connectivity index (χ2n) is 18.0. The molecule has 1 aliphatic rings. The molecule has 0 radical (unpaired) electrons. The second-order valence-corrected chi connectivity index (χ2v) is 18.0. The van der Waals surface area contributed by atoms with Gasteiger partial charge in [-0.2, -0.15) is 0 Å². The maximum Gasteiger partial charge on any atom is 0.0714 e. The summed E-state index contributed by atoms with van der Waals surface area (Å²) >= 11 is 0. The molecule has 1 aliphatic carbocycles. The van der Waals surface area contributed by atoms with Gasteiger partial charge in [-0.25, -0.2) is 0 Å². The monoisotopic (exact) mass is 878 g/mol. The predicted molar refractivity (Wildman–Crippen MR) is 289 cm³/mol. The summed E-state index contributed by atoms with van der Waals surface area (Å²) in [6, 6.07) is 102. The van der Waals surface area contributed by atoms with Gasteiger partial charge in [-0.3, -0.25) is 0 Å². The lowest BCUT2D eigenvalue weighted by Gasteiger charge is -2.35. The molecule has 0 amide bonds. The van der Waals surface area contributed by atoms with Crippen molar-refractivity contribution in [2.45, 2.75) is 5.41 Å². The average molecular weight is 879 g/mol. The Balaban J connectivity index is 0.929. The fourth-order valence-electron chi connectivity index (χ4n) is 11.3. The lowest BCUT2D eigenvalue weighted by atomic mass is 9.67. The van der Waals surface area contributed by atoms with Gasteiger partial charge < -0.3 is 9.47 Å². The summed E-state index contributed by atoms with van der Waals surface area (Å²) in [7, 11) is 0. The molecule has 1 heterocycles. The molecule has 0 fully saturated rings. The number of nitrogens with zero attached hydrogens (tertiary/aromatic N) is 2. The van der Waals surface area contributed by atoms with Gasteiger partial charge in [0.1, 0.15) is 0 Å². The largest absolute Gasteiger partial charge is 0.310 e. The highest BCUT2D eigenvalue weighted by atomic mass is 15.1. The Kier molecular flexibility index (Phi) is 9.77. The summed E-state index contributed by atoms with van der Waals surface area (Å²) in [6.07, 6.45) is 0. The Morgan fingerprint density at radius 3 is 1.39 bits per heavy atom. The first-order chi connectivity index (χ1) is 34.3. The van der Waals surface area contributed by atoms with Gasteiger partial charge in [-0.05, 0) is 104 Å². The van der Waals surface area contributed by atoms with Crippen LogP contribution in [0, 0.1) is 0 Å². The molecule has 2 nitrogen and oxygen atoms in total. The van der Waals surface area contributed by atoms with Gasteiger partial charge in [-0.1, -0.05) is 231 Å². The minimum absolute atomic E-state index is 0.519. The molecule has 0 bridgehead atoms. The van der Waals surface area contributed by atoms with Crippen LogP contribution < -0.4 is 4.90 Å². The smallest absolute Gasteiger partial charge is 0.0714 e. The number of para-hydroxylation sites is 4. The minimum Gasteiger partial charge on any atom is -0.310 e. The van der Waals surface area contributed by atoms with Gasteiger partial charge in [0.15, 0.2) is 0 Å². The number of hydrogen-bond donors (Lipinski definition) is 0. The molecule has 1 aromatic heterocycles. The number of fused-ring (bicyclic) bond motifs is 6. The third kappa shape index (κ3) is 6.56. The Hall–Kier alpha value is -8.98. The van der Waals surface area contributed by atoms with Crippen molar-refractivity contribution in [1.82, 2.24) is 4.57 Å². The topological polar surface area (TPSA) is 8.17 Å². The molecule has 0 unspecified atom stereocenters. The van der Waals surface area contributed by atoms with Gasteiger partial charge in [0.2, 0.25) is 0 Å². The molecular formula is C67H46N2. The maximum absolute atomic E-state index is 2.46. The summed E-state index contributed by atoms with van der Waals surface area (Å²) in [4.78, 5) is 2.45. The van der Waals surface area contributed by atoms with Crippen LogP contribution >= 0.6 is 0 Å². The molecule has 0 aliphatic heterocycles. The Morgan fingerprint density at radius 1 is 0.290 bits per heavy atom. The van der Waals surface area contributed by atoms with Crippen molar-refractivity contribution in [2.75, 3.05) is 4.90 Å². The van der Waals surface area contributed by atoms with Gasteiger partial charge in [0.05, 0.1) is 27.8 Å². The third-order valence-corrected chi connectivity index (χ3v) is 14.3. The number of anilines is 3. The van der Waals surface area contributed by atoms with E-state index in [4.69, 9.17) is 0 Å². The van der Waals surface area contributed by atoms with Crippen LogP contribution in [0.4, 0.5) is 17.1 Å². The Labute approximate surface area is 403 Å². The fraction of sp³-hybridized carbons (Fsp3) is 0.0149. The fourth-order valence-corrected chi connectivity index (χ4v) is 11.3. The standard InChI is InChI=1S/C67H46N2/c1-4-20-49(21-5-1)55-26-11-16-32-63(55)68(54-44-45-58-57-28-10-15-31-61(57)67(62(58)46-54,51-22-6-2-7-23-51)52-24-8-3-9-25-52)53-42-40-48(41-43-53)47-36-38-50(39-37-47)56-27-12-17-33-64(56)69-65-34-18-13-29-59(65)60-30-14-19-35-66(60)69/h1-46H. The van der Waals surface area contributed by atoms with E-state index in [1.165, 1.54) is 88.7 Å². The first kappa shape index (κ1) is 40.3. The highest BCUT2D eigenvalue weighted by Gasteiger charge is 2.46. The molecule has 11 aromatic carbocycles. The van der Waals surface area contributed by atoms with E-state index in [2.05, 4.69) is 289 Å². The summed E-state index contributed by atoms with van der Waals surface area (Å²) in [5.41, 5.74) is 21.0. The van der Waals surface area contributed by atoms with Crippen molar-refractivity contribution < 1.29 is 0 Å². The highest BCUT2D eigenvalue weighted by Crippen LogP contribution is 2.57. The zero-order chi connectivity index (χ0) is 45.7. The second kappa shape index (κ2) is 16.7. The van der Waals surface area contributed by atoms with E-state index >= 15 is 0 Å². The summed E-state index contributed by atoms with van der Waals surface area (Å²) in [5.74, 6) is 0. The maximum atomic E-state index is 2.46. The molecule has 324 valence electrons. The van der Waals surface area contributed by atoms with Gasteiger partial charge in [-0.15, -0.1) is 0 Å². The SMILES string of the molecule is c1ccc(-c2ccccc2N(c2ccc(-c3ccc(-c4ccccc4-n4c5ccccc5c5ccccc54)cc3)cc2)c2ccc3c(c2)C(c2ccccc2)(c2ccccc2)c2ccccc2-3)cc1. The minimum atomic E-state index is -0.519. The Morgan fingerprint density at radius 2 is 0.739 bits per heavy atom. The molecule has 0 saturated carbocycles. The Bertz CT molecular complexity index is 3720. The average Bonchev–Trinajstić information content (AvgIpc) is 3.93. The van der Waals surface area contributed by atoms with Gasteiger partial charge in [0, 0.05) is 33.3 Å². The van der Waals surface area contributed by atoms with Crippen LogP contribution in [0.1, 0.15) is 22.3 Å². The summed E-state index contributed by atoms with van der Waals surface area (Å²) in [5, 5.41) is 2.52. The van der Waals surface area contributed by atoms with Crippen LogP contribution in [0.15, 0.2) is 279 Å². The number of rotatable bonds is 9. The van der Waals surface area contributed by atoms with Crippen LogP contribution in [0.5, 0.6) is 0 Å². The van der Waals surface area contributed by atoms with Crippen LogP contribution in [-0.4, -0.2) is 4.57 Å². The van der Waals surface area contributed by atoms with Crippen molar-refractivity contribution in [3.8, 4) is 50.2 Å². The molecule has 12 aromatic rings.